The van der Waals surface area contributed by atoms with Gasteiger partial charge in [0.05, 0.1) is 24.5 Å². The second-order valence-electron chi connectivity index (χ2n) is 8.05. The lowest BCUT2D eigenvalue weighted by molar-refractivity contribution is 0.176. The molecule has 162 valence electrons. The maximum absolute atomic E-state index is 13.7. The number of fused-ring (bicyclic) bond motifs is 1. The van der Waals surface area contributed by atoms with E-state index in [4.69, 9.17) is 4.74 Å². The fourth-order valence-electron chi connectivity index (χ4n) is 4.45. The van der Waals surface area contributed by atoms with Crippen molar-refractivity contribution in [2.45, 2.75) is 50.3 Å². The fourth-order valence-corrected chi connectivity index (χ4v) is 4.45. The number of ether oxygens (including phenoxy) is 1. The Morgan fingerprint density at radius 3 is 2.97 bits per heavy atom. The summed E-state index contributed by atoms with van der Waals surface area (Å²) in [5.74, 6) is 0.588. The van der Waals surface area contributed by atoms with Gasteiger partial charge in [-0.3, -0.25) is 4.98 Å². The first-order chi connectivity index (χ1) is 15.1. The first kappa shape index (κ1) is 19.7. The van der Waals surface area contributed by atoms with Crippen LogP contribution in [0, 0.1) is 5.82 Å². The molecule has 0 aromatic carbocycles. The number of amides is 1. The van der Waals surface area contributed by atoms with E-state index in [1.165, 1.54) is 18.5 Å². The number of anilines is 1. The number of hydrogen-bond donors (Lipinski definition) is 2. The van der Waals surface area contributed by atoms with Crippen molar-refractivity contribution in [1.29, 1.82) is 0 Å². The zero-order valence-corrected chi connectivity index (χ0v) is 16.8. The van der Waals surface area contributed by atoms with E-state index in [1.54, 1.807) is 16.9 Å². The van der Waals surface area contributed by atoms with Crippen LogP contribution in [0.2, 0.25) is 0 Å². The van der Waals surface area contributed by atoms with Crippen molar-refractivity contribution in [3.05, 3.63) is 48.3 Å². The predicted octanol–water partition coefficient (Wildman–Crippen LogP) is 2.61. The molecule has 0 bridgehead atoms. The summed E-state index contributed by atoms with van der Waals surface area (Å²) in [6.45, 7) is 0.777. The predicted molar refractivity (Wildman–Crippen MR) is 109 cm³/mol. The number of nitrogens with zero attached hydrogens (tertiary/aromatic N) is 5. The van der Waals surface area contributed by atoms with Crippen molar-refractivity contribution in [1.82, 2.24) is 24.9 Å². The Hall–Kier alpha value is -3.27. The van der Waals surface area contributed by atoms with Crippen molar-refractivity contribution in [2.75, 3.05) is 11.4 Å². The Morgan fingerprint density at radius 2 is 2.16 bits per heavy atom. The van der Waals surface area contributed by atoms with E-state index in [1.807, 2.05) is 6.07 Å². The summed E-state index contributed by atoms with van der Waals surface area (Å²) >= 11 is 0. The smallest absolute Gasteiger partial charge is 0.405 e. The zero-order chi connectivity index (χ0) is 21.4. The normalized spacial score (nSPS) is 23.4. The van der Waals surface area contributed by atoms with Crippen molar-refractivity contribution in [2.24, 2.45) is 0 Å². The quantitative estimate of drug-likeness (QED) is 0.661. The van der Waals surface area contributed by atoms with Crippen LogP contribution in [0.5, 0.6) is 5.75 Å². The van der Waals surface area contributed by atoms with Gasteiger partial charge in [0.25, 0.3) is 0 Å². The van der Waals surface area contributed by atoms with E-state index >= 15 is 0 Å². The zero-order valence-electron chi connectivity index (χ0n) is 16.8. The molecule has 31 heavy (non-hydrogen) atoms. The number of aliphatic hydroxyl groups excluding tert-OH is 1. The number of aliphatic hydroxyl groups is 1. The number of carbonyl (C=O) groups is 1. The first-order valence-corrected chi connectivity index (χ1v) is 10.4. The third kappa shape index (κ3) is 4.02. The van der Waals surface area contributed by atoms with Crippen LogP contribution >= 0.6 is 0 Å². The van der Waals surface area contributed by atoms with Crippen LogP contribution in [0.1, 0.15) is 43.7 Å². The lowest BCUT2D eigenvalue weighted by Crippen LogP contribution is -2.35. The van der Waals surface area contributed by atoms with Gasteiger partial charge in [-0.05, 0) is 49.8 Å². The highest BCUT2D eigenvalue weighted by atomic mass is 19.1. The molecular formula is C21H23FN6O3. The molecule has 2 N–H and O–H groups in total. The first-order valence-electron chi connectivity index (χ1n) is 10.4. The largest absolute Gasteiger partial charge is 0.413 e. The number of rotatable bonds is 4. The Morgan fingerprint density at radius 1 is 1.26 bits per heavy atom. The van der Waals surface area contributed by atoms with Crippen molar-refractivity contribution < 1.29 is 19.0 Å². The van der Waals surface area contributed by atoms with Gasteiger partial charge in [0.1, 0.15) is 11.6 Å². The van der Waals surface area contributed by atoms with Gasteiger partial charge >= 0.3 is 6.09 Å². The van der Waals surface area contributed by atoms with Crippen LogP contribution < -0.4 is 15.0 Å². The van der Waals surface area contributed by atoms with E-state index in [0.29, 0.717) is 24.3 Å². The van der Waals surface area contributed by atoms with Gasteiger partial charge in [0.2, 0.25) is 5.65 Å². The highest BCUT2D eigenvalue weighted by molar-refractivity contribution is 5.73. The minimum absolute atomic E-state index is 0.0254. The summed E-state index contributed by atoms with van der Waals surface area (Å²) in [4.78, 5) is 23.1. The van der Waals surface area contributed by atoms with E-state index in [9.17, 15) is 14.3 Å². The van der Waals surface area contributed by atoms with Crippen molar-refractivity contribution >= 4 is 17.6 Å². The van der Waals surface area contributed by atoms with Gasteiger partial charge in [-0.2, -0.15) is 5.10 Å². The summed E-state index contributed by atoms with van der Waals surface area (Å²) in [5.41, 5.74) is 1.23. The summed E-state index contributed by atoms with van der Waals surface area (Å²) < 4.78 is 20.7. The number of aromatic nitrogens is 4. The molecule has 1 aliphatic carbocycles. The molecule has 3 aromatic rings. The summed E-state index contributed by atoms with van der Waals surface area (Å²) in [7, 11) is 0. The fraction of sp³-hybridized carbons (Fsp3) is 0.429. The van der Waals surface area contributed by atoms with Crippen molar-refractivity contribution in [3.8, 4) is 5.75 Å². The van der Waals surface area contributed by atoms with Crippen molar-refractivity contribution in [3.63, 3.8) is 0 Å². The van der Waals surface area contributed by atoms with Gasteiger partial charge in [-0.25, -0.2) is 18.7 Å². The second-order valence-corrected chi connectivity index (χ2v) is 8.05. The molecule has 1 aliphatic heterocycles. The lowest BCUT2D eigenvalue weighted by atomic mass is 10.1. The van der Waals surface area contributed by atoms with E-state index in [0.717, 1.165) is 31.4 Å². The number of nitrogens with one attached hydrogen (secondary N) is 1. The molecule has 4 heterocycles. The summed E-state index contributed by atoms with van der Waals surface area (Å²) in [6.07, 6.45) is 8.85. The Bertz CT molecular complexity index is 1110. The second kappa shape index (κ2) is 8.10. The molecule has 0 spiro atoms. The maximum atomic E-state index is 13.7. The number of halogens is 1. The summed E-state index contributed by atoms with van der Waals surface area (Å²) in [5, 5.41) is 16.6. The number of hydrogen-bond acceptors (Lipinski definition) is 7. The van der Waals surface area contributed by atoms with Crippen LogP contribution in [0.4, 0.5) is 15.0 Å². The maximum Gasteiger partial charge on any atom is 0.413 e. The van der Waals surface area contributed by atoms with Gasteiger partial charge in [-0.1, -0.05) is 0 Å². The Kier molecular flexibility index (Phi) is 5.14. The van der Waals surface area contributed by atoms with Crippen LogP contribution in [0.15, 0.2) is 36.9 Å². The van der Waals surface area contributed by atoms with Crippen LogP contribution in [0.3, 0.4) is 0 Å². The molecule has 1 saturated carbocycles. The topological polar surface area (TPSA) is 105 Å². The molecule has 1 amide bonds. The molecule has 2 fully saturated rings. The van der Waals surface area contributed by atoms with Crippen LogP contribution in [-0.2, 0) is 0 Å². The highest BCUT2D eigenvalue weighted by Crippen LogP contribution is 2.35. The summed E-state index contributed by atoms with van der Waals surface area (Å²) in [6, 6.07) is 3.22. The standard InChI is InChI=1S/C21H23FN6O3/c22-14-8-13(10-23-11-14)17-2-1-6-27(17)19-5-7-28-20(26-19)18(12-24-28)31-21(30)25-15-3-4-16(29)9-15/h5,7-8,10-12,15-17,29H,1-4,6,9H2,(H,25,30)/t15-,16-,17+/m0/s1. The number of carbonyl (C=O) groups excluding carboxylic acids is 1. The molecule has 2 aliphatic rings. The lowest BCUT2D eigenvalue weighted by Gasteiger charge is -2.26. The van der Waals surface area contributed by atoms with Crippen LogP contribution in [0.25, 0.3) is 5.65 Å². The molecule has 1 saturated heterocycles. The average molecular weight is 426 g/mol. The molecule has 10 heteroatoms. The SMILES string of the molecule is O=C(N[C@H]1CC[C@H](O)C1)Oc1cnn2ccc(N3CCC[C@@H]3c3cncc(F)c3)nc12. The monoisotopic (exact) mass is 426 g/mol. The molecule has 0 radical (unpaired) electrons. The Balaban J connectivity index is 1.36. The third-order valence-corrected chi connectivity index (χ3v) is 5.91. The molecular weight excluding hydrogens is 403 g/mol. The highest BCUT2D eigenvalue weighted by Gasteiger charge is 2.29. The van der Waals surface area contributed by atoms with Gasteiger partial charge in [0, 0.05) is 25.0 Å². The van der Waals surface area contributed by atoms with Gasteiger partial charge < -0.3 is 20.1 Å². The van der Waals surface area contributed by atoms with E-state index < -0.39 is 6.09 Å². The molecule has 3 aromatic heterocycles. The molecule has 3 atom stereocenters. The molecule has 5 rings (SSSR count). The third-order valence-electron chi connectivity index (χ3n) is 5.91. The average Bonchev–Trinajstić information content (AvgIpc) is 3.48. The van der Waals surface area contributed by atoms with E-state index in [2.05, 4.69) is 25.3 Å². The van der Waals surface area contributed by atoms with Gasteiger partial charge in [0.15, 0.2) is 5.75 Å². The molecule has 0 unspecified atom stereocenters. The number of pyridine rings is 1. The molecule has 9 nitrogen and oxygen atoms in total. The Labute approximate surface area is 177 Å². The minimum Gasteiger partial charge on any atom is -0.405 e. The minimum atomic E-state index is -0.592. The van der Waals surface area contributed by atoms with Gasteiger partial charge in [-0.15, -0.1) is 0 Å². The van der Waals surface area contributed by atoms with E-state index in [-0.39, 0.29) is 29.8 Å². The van der Waals surface area contributed by atoms with Crippen LogP contribution in [-0.4, -0.2) is 49.5 Å².